The molecule has 0 aromatic heterocycles. The van der Waals surface area contributed by atoms with Crippen molar-refractivity contribution < 1.29 is 19.1 Å². The SMILES string of the molecule is CC(C)(C)OC(=O)N(/C=C(/C#N)C(=O)NCCCN1CCCC1=O)CCN. The Bertz CT molecular complexity index is 618. The van der Waals surface area contributed by atoms with Crippen LogP contribution in [0.15, 0.2) is 11.8 Å². The number of hydrogen-bond acceptors (Lipinski definition) is 6. The molecule has 0 aliphatic carbocycles. The van der Waals surface area contributed by atoms with Crippen molar-refractivity contribution in [3.63, 3.8) is 0 Å². The number of hydrogen-bond donors (Lipinski definition) is 2. The number of likely N-dealkylation sites (tertiary alicyclic amines) is 1. The maximum atomic E-state index is 12.2. The van der Waals surface area contributed by atoms with E-state index in [0.29, 0.717) is 25.9 Å². The zero-order valence-electron chi connectivity index (χ0n) is 16.3. The fraction of sp³-hybridized carbons (Fsp3) is 0.667. The quantitative estimate of drug-likeness (QED) is 0.363. The summed E-state index contributed by atoms with van der Waals surface area (Å²) in [6, 6.07) is 1.79. The van der Waals surface area contributed by atoms with Gasteiger partial charge in [0.1, 0.15) is 17.2 Å². The highest BCUT2D eigenvalue weighted by Crippen LogP contribution is 2.11. The molecular formula is C18H29N5O4. The number of carbonyl (C=O) groups excluding carboxylic acids is 3. The van der Waals surface area contributed by atoms with Gasteiger partial charge in [0.05, 0.1) is 0 Å². The molecule has 27 heavy (non-hydrogen) atoms. The van der Waals surface area contributed by atoms with Crippen molar-refractivity contribution in [3.05, 3.63) is 11.8 Å². The second kappa shape index (κ2) is 10.5. The summed E-state index contributed by atoms with van der Waals surface area (Å²) in [4.78, 5) is 38.8. The van der Waals surface area contributed by atoms with Gasteiger partial charge in [-0.25, -0.2) is 4.79 Å². The molecule has 0 spiro atoms. The molecule has 0 saturated carbocycles. The van der Waals surface area contributed by atoms with Crippen molar-refractivity contribution in [2.45, 2.75) is 45.6 Å². The first-order valence-corrected chi connectivity index (χ1v) is 9.05. The molecule has 0 aromatic carbocycles. The smallest absolute Gasteiger partial charge is 0.414 e. The minimum atomic E-state index is -0.708. The summed E-state index contributed by atoms with van der Waals surface area (Å²) in [5.41, 5.74) is 4.57. The van der Waals surface area contributed by atoms with Gasteiger partial charge in [-0.2, -0.15) is 5.26 Å². The van der Waals surface area contributed by atoms with Gasteiger partial charge in [-0.15, -0.1) is 0 Å². The second-order valence-corrected chi connectivity index (χ2v) is 7.21. The van der Waals surface area contributed by atoms with E-state index in [4.69, 9.17) is 10.5 Å². The molecule has 1 rings (SSSR count). The number of nitriles is 1. The van der Waals surface area contributed by atoms with Gasteiger partial charge in [0.25, 0.3) is 5.91 Å². The van der Waals surface area contributed by atoms with Gasteiger partial charge >= 0.3 is 6.09 Å². The van der Waals surface area contributed by atoms with Crippen LogP contribution < -0.4 is 11.1 Å². The molecule has 1 saturated heterocycles. The van der Waals surface area contributed by atoms with Gasteiger partial charge in [-0.05, 0) is 33.6 Å². The Morgan fingerprint density at radius 1 is 1.44 bits per heavy atom. The summed E-state index contributed by atoms with van der Waals surface area (Å²) >= 11 is 0. The van der Waals surface area contributed by atoms with Gasteiger partial charge in [0.2, 0.25) is 5.91 Å². The molecule has 0 atom stereocenters. The molecule has 0 radical (unpaired) electrons. The highest BCUT2D eigenvalue weighted by atomic mass is 16.6. The lowest BCUT2D eigenvalue weighted by Gasteiger charge is -2.25. The van der Waals surface area contributed by atoms with Crippen LogP contribution in [0.3, 0.4) is 0 Å². The molecule has 3 amide bonds. The van der Waals surface area contributed by atoms with Crippen LogP contribution in [0.4, 0.5) is 4.79 Å². The number of rotatable bonds is 8. The molecule has 1 aliphatic heterocycles. The van der Waals surface area contributed by atoms with Crippen LogP contribution in [0.2, 0.25) is 0 Å². The minimum Gasteiger partial charge on any atom is -0.443 e. The lowest BCUT2D eigenvalue weighted by atomic mass is 10.2. The number of amides is 3. The summed E-state index contributed by atoms with van der Waals surface area (Å²) in [7, 11) is 0. The average molecular weight is 379 g/mol. The Morgan fingerprint density at radius 3 is 2.67 bits per heavy atom. The van der Waals surface area contributed by atoms with Crippen LogP contribution in [0.25, 0.3) is 0 Å². The van der Waals surface area contributed by atoms with Crippen LogP contribution in [-0.2, 0) is 14.3 Å². The third-order valence-corrected chi connectivity index (χ3v) is 3.71. The van der Waals surface area contributed by atoms with Crippen LogP contribution in [-0.4, -0.2) is 66.0 Å². The Kier molecular flexibility index (Phi) is 8.75. The average Bonchev–Trinajstić information content (AvgIpc) is 2.98. The minimum absolute atomic E-state index is 0.116. The number of nitrogens with one attached hydrogen (secondary N) is 1. The van der Waals surface area contributed by atoms with Crippen molar-refractivity contribution in [3.8, 4) is 6.07 Å². The molecule has 0 bridgehead atoms. The van der Waals surface area contributed by atoms with E-state index >= 15 is 0 Å². The van der Waals surface area contributed by atoms with Gasteiger partial charge < -0.3 is 20.7 Å². The van der Waals surface area contributed by atoms with Crippen LogP contribution >= 0.6 is 0 Å². The third kappa shape index (κ3) is 8.09. The van der Waals surface area contributed by atoms with E-state index in [9.17, 15) is 19.6 Å². The Hall–Kier alpha value is -2.60. The Labute approximate surface area is 160 Å². The number of ether oxygens (including phenoxy) is 1. The molecule has 0 unspecified atom stereocenters. The molecule has 1 fully saturated rings. The Balaban J connectivity index is 2.60. The summed E-state index contributed by atoms with van der Waals surface area (Å²) in [6.07, 6.45) is 2.51. The van der Waals surface area contributed by atoms with E-state index in [0.717, 1.165) is 24.1 Å². The van der Waals surface area contributed by atoms with E-state index in [1.165, 1.54) is 0 Å². The van der Waals surface area contributed by atoms with Gasteiger partial charge in [-0.3, -0.25) is 14.5 Å². The summed E-state index contributed by atoms with van der Waals surface area (Å²) in [5, 5.41) is 11.9. The predicted molar refractivity (Wildman–Crippen MR) is 99.1 cm³/mol. The van der Waals surface area contributed by atoms with Gasteiger partial charge in [-0.1, -0.05) is 0 Å². The monoisotopic (exact) mass is 379 g/mol. The van der Waals surface area contributed by atoms with Crippen LogP contribution in [0.5, 0.6) is 0 Å². The van der Waals surface area contributed by atoms with E-state index in [2.05, 4.69) is 5.32 Å². The van der Waals surface area contributed by atoms with Crippen molar-refractivity contribution >= 4 is 17.9 Å². The number of nitrogens with zero attached hydrogens (tertiary/aromatic N) is 3. The number of nitrogens with two attached hydrogens (primary N) is 1. The molecular weight excluding hydrogens is 350 g/mol. The maximum absolute atomic E-state index is 12.2. The van der Waals surface area contributed by atoms with Gasteiger partial charge in [0, 0.05) is 45.3 Å². The van der Waals surface area contributed by atoms with E-state index in [1.54, 1.807) is 31.7 Å². The van der Waals surface area contributed by atoms with Crippen molar-refractivity contribution in [1.82, 2.24) is 15.1 Å². The lowest BCUT2D eigenvalue weighted by molar-refractivity contribution is -0.127. The lowest BCUT2D eigenvalue weighted by Crippen LogP contribution is -2.37. The molecule has 150 valence electrons. The van der Waals surface area contributed by atoms with E-state index < -0.39 is 17.6 Å². The first kappa shape index (κ1) is 22.4. The van der Waals surface area contributed by atoms with E-state index in [1.807, 2.05) is 0 Å². The van der Waals surface area contributed by atoms with Crippen molar-refractivity contribution in [1.29, 1.82) is 5.26 Å². The van der Waals surface area contributed by atoms with Crippen LogP contribution in [0.1, 0.15) is 40.0 Å². The predicted octanol–water partition coefficient (Wildman–Crippen LogP) is 0.718. The fourth-order valence-electron chi connectivity index (χ4n) is 2.47. The zero-order valence-corrected chi connectivity index (χ0v) is 16.3. The highest BCUT2D eigenvalue weighted by molar-refractivity contribution is 5.97. The molecule has 3 N–H and O–H groups in total. The molecule has 1 aliphatic rings. The fourth-order valence-corrected chi connectivity index (χ4v) is 2.47. The maximum Gasteiger partial charge on any atom is 0.414 e. The summed E-state index contributed by atoms with van der Waals surface area (Å²) < 4.78 is 5.25. The molecule has 0 aromatic rings. The van der Waals surface area contributed by atoms with Crippen molar-refractivity contribution in [2.24, 2.45) is 5.73 Å². The Morgan fingerprint density at radius 2 is 2.15 bits per heavy atom. The number of carbonyl (C=O) groups is 3. The van der Waals surface area contributed by atoms with Gasteiger partial charge in [0.15, 0.2) is 0 Å². The van der Waals surface area contributed by atoms with E-state index in [-0.39, 0.29) is 24.6 Å². The van der Waals surface area contributed by atoms with Crippen LogP contribution in [0, 0.1) is 11.3 Å². The first-order chi connectivity index (χ1) is 12.7. The zero-order chi connectivity index (χ0) is 20.4. The van der Waals surface area contributed by atoms with Crippen molar-refractivity contribution in [2.75, 3.05) is 32.7 Å². The molecule has 1 heterocycles. The third-order valence-electron chi connectivity index (χ3n) is 3.71. The molecule has 9 nitrogen and oxygen atoms in total. The standard InChI is InChI=1S/C18H29N5O4/c1-18(2,3)27-17(26)23(11-7-19)13-14(12-20)16(25)21-8-5-10-22-9-4-6-15(22)24/h13H,4-11,19H2,1-3H3,(H,21,25)/b14-13-. The second-order valence-electron chi connectivity index (χ2n) is 7.21. The highest BCUT2D eigenvalue weighted by Gasteiger charge is 2.22. The first-order valence-electron chi connectivity index (χ1n) is 9.05. The summed E-state index contributed by atoms with van der Waals surface area (Å²) in [5.74, 6) is -0.454. The largest absolute Gasteiger partial charge is 0.443 e. The summed E-state index contributed by atoms with van der Waals surface area (Å²) in [6.45, 7) is 7.08. The normalized spacial score (nSPS) is 14.7. The molecule has 9 heteroatoms. The topological polar surface area (TPSA) is 129 Å².